The van der Waals surface area contributed by atoms with Crippen molar-refractivity contribution in [2.75, 3.05) is 0 Å². The smallest absolute Gasteiger partial charge is 0.0414 e. The fourth-order valence-electron chi connectivity index (χ4n) is 1.43. The van der Waals surface area contributed by atoms with Crippen molar-refractivity contribution < 1.29 is 9.90 Å². The van der Waals surface area contributed by atoms with Crippen LogP contribution in [-0.2, 0) is 4.79 Å². The minimum atomic E-state index is -0.916. The molecule has 0 aliphatic rings. The summed E-state index contributed by atoms with van der Waals surface area (Å²) in [5.74, 6) is -0.379. The topological polar surface area (TPSA) is 40.1 Å². The molecule has 0 fully saturated rings. The predicted molar refractivity (Wildman–Crippen MR) is 52.2 cm³/mol. The molecule has 0 spiro atoms. The fourth-order valence-corrected chi connectivity index (χ4v) is 1.43. The summed E-state index contributed by atoms with van der Waals surface area (Å²) in [7, 11) is 0. The highest BCUT2D eigenvalue weighted by atomic mass is 16.4. The summed E-state index contributed by atoms with van der Waals surface area (Å²) in [6.45, 7) is 4.31. The molecule has 0 aliphatic heterocycles. The molecule has 0 bridgehead atoms. The van der Waals surface area contributed by atoms with Crippen molar-refractivity contribution in [1.82, 2.24) is 0 Å². The van der Waals surface area contributed by atoms with Crippen LogP contribution in [0.5, 0.6) is 0 Å². The average Bonchev–Trinajstić information content (AvgIpc) is 2.09. The van der Waals surface area contributed by atoms with Gasteiger partial charge in [-0.3, -0.25) is 0 Å². The second-order valence-corrected chi connectivity index (χ2v) is 3.87. The standard InChI is InChI=1S/C11H22O2/c1-3-4-5-6-7-10(2)8-9-11(12)13/h10H,3-9H2,1-2H3,(H,12,13)/p-1. The van der Waals surface area contributed by atoms with Crippen molar-refractivity contribution >= 4 is 5.97 Å². The molecule has 13 heavy (non-hydrogen) atoms. The van der Waals surface area contributed by atoms with Crippen LogP contribution >= 0.6 is 0 Å². The van der Waals surface area contributed by atoms with Gasteiger partial charge in [-0.05, 0) is 18.8 Å². The number of carboxylic acid groups (broad SMARTS) is 1. The fraction of sp³-hybridized carbons (Fsp3) is 0.909. The monoisotopic (exact) mass is 185 g/mol. The number of rotatable bonds is 8. The van der Waals surface area contributed by atoms with Gasteiger partial charge in [-0.25, -0.2) is 0 Å². The van der Waals surface area contributed by atoms with E-state index in [4.69, 9.17) is 0 Å². The van der Waals surface area contributed by atoms with Crippen LogP contribution in [-0.4, -0.2) is 5.97 Å². The van der Waals surface area contributed by atoms with Crippen LogP contribution in [0.25, 0.3) is 0 Å². The van der Waals surface area contributed by atoms with Crippen molar-refractivity contribution in [3.8, 4) is 0 Å². The van der Waals surface area contributed by atoms with E-state index in [0.29, 0.717) is 5.92 Å². The normalized spacial score (nSPS) is 12.8. The van der Waals surface area contributed by atoms with Gasteiger partial charge in [0.2, 0.25) is 0 Å². The Balaban J connectivity index is 3.19. The summed E-state index contributed by atoms with van der Waals surface area (Å²) < 4.78 is 0. The lowest BCUT2D eigenvalue weighted by Gasteiger charge is -2.10. The Kier molecular flexibility index (Phi) is 7.76. The Morgan fingerprint density at radius 1 is 1.23 bits per heavy atom. The number of hydrogen-bond acceptors (Lipinski definition) is 2. The summed E-state index contributed by atoms with van der Waals surface area (Å²) in [6.07, 6.45) is 7.23. The van der Waals surface area contributed by atoms with Gasteiger partial charge in [-0.15, -0.1) is 0 Å². The van der Waals surface area contributed by atoms with Crippen LogP contribution in [0.15, 0.2) is 0 Å². The maximum absolute atomic E-state index is 10.2. The van der Waals surface area contributed by atoms with Crippen molar-refractivity contribution in [3.63, 3.8) is 0 Å². The maximum Gasteiger partial charge on any atom is 0.0414 e. The van der Waals surface area contributed by atoms with E-state index < -0.39 is 5.97 Å². The molecule has 2 heteroatoms. The first kappa shape index (κ1) is 12.5. The number of carbonyl (C=O) groups excluding carboxylic acids is 1. The molecule has 0 amide bonds. The van der Waals surface area contributed by atoms with Crippen LogP contribution in [0, 0.1) is 5.92 Å². The molecule has 0 heterocycles. The van der Waals surface area contributed by atoms with Crippen LogP contribution < -0.4 is 5.11 Å². The van der Waals surface area contributed by atoms with Gasteiger partial charge in [0, 0.05) is 5.97 Å². The molecule has 1 unspecified atom stereocenters. The van der Waals surface area contributed by atoms with E-state index in [1.165, 1.54) is 25.7 Å². The lowest BCUT2D eigenvalue weighted by atomic mass is 9.98. The third kappa shape index (κ3) is 9.38. The third-order valence-corrected chi connectivity index (χ3v) is 2.39. The van der Waals surface area contributed by atoms with Gasteiger partial charge >= 0.3 is 0 Å². The van der Waals surface area contributed by atoms with Crippen molar-refractivity contribution in [2.24, 2.45) is 5.92 Å². The molecule has 78 valence electrons. The first-order valence-electron chi connectivity index (χ1n) is 5.36. The minimum absolute atomic E-state index is 0.217. The second-order valence-electron chi connectivity index (χ2n) is 3.87. The van der Waals surface area contributed by atoms with Gasteiger partial charge in [0.15, 0.2) is 0 Å². The third-order valence-electron chi connectivity index (χ3n) is 2.39. The molecule has 0 rings (SSSR count). The van der Waals surface area contributed by atoms with E-state index in [2.05, 4.69) is 13.8 Å². The number of unbranched alkanes of at least 4 members (excludes halogenated alkanes) is 3. The molecular weight excluding hydrogens is 164 g/mol. The molecule has 0 aromatic carbocycles. The highest BCUT2D eigenvalue weighted by Gasteiger charge is 2.01. The quantitative estimate of drug-likeness (QED) is 0.543. The summed E-state index contributed by atoms with van der Waals surface area (Å²) in [5.41, 5.74) is 0. The van der Waals surface area contributed by atoms with Gasteiger partial charge in [0.25, 0.3) is 0 Å². The van der Waals surface area contributed by atoms with E-state index >= 15 is 0 Å². The molecule has 0 aromatic heterocycles. The Morgan fingerprint density at radius 3 is 2.46 bits per heavy atom. The summed E-state index contributed by atoms with van der Waals surface area (Å²) in [5, 5.41) is 10.2. The lowest BCUT2D eigenvalue weighted by molar-refractivity contribution is -0.306. The summed E-state index contributed by atoms with van der Waals surface area (Å²) in [6, 6.07) is 0. The second kappa shape index (κ2) is 8.09. The summed E-state index contributed by atoms with van der Waals surface area (Å²) >= 11 is 0. The molecule has 1 atom stereocenters. The Morgan fingerprint density at radius 2 is 1.92 bits per heavy atom. The average molecular weight is 185 g/mol. The first-order valence-corrected chi connectivity index (χ1v) is 5.36. The highest BCUT2D eigenvalue weighted by molar-refractivity contribution is 5.64. The predicted octanol–water partition coefficient (Wildman–Crippen LogP) is 2.12. The lowest BCUT2D eigenvalue weighted by Crippen LogP contribution is -2.22. The van der Waals surface area contributed by atoms with E-state index in [1.807, 2.05) is 0 Å². The summed E-state index contributed by atoms with van der Waals surface area (Å²) in [4.78, 5) is 10.2. The number of carbonyl (C=O) groups is 1. The van der Waals surface area contributed by atoms with Gasteiger partial charge < -0.3 is 9.90 Å². The van der Waals surface area contributed by atoms with Crippen molar-refractivity contribution in [3.05, 3.63) is 0 Å². The molecule has 0 aromatic rings. The van der Waals surface area contributed by atoms with E-state index in [1.54, 1.807) is 0 Å². The Hall–Kier alpha value is -0.530. The first-order chi connectivity index (χ1) is 6.16. The largest absolute Gasteiger partial charge is 0.550 e. The van der Waals surface area contributed by atoms with Crippen LogP contribution in [0.3, 0.4) is 0 Å². The zero-order chi connectivity index (χ0) is 10.1. The number of hydrogen-bond donors (Lipinski definition) is 0. The van der Waals surface area contributed by atoms with Gasteiger partial charge in [-0.1, -0.05) is 46.0 Å². The van der Waals surface area contributed by atoms with Gasteiger partial charge in [-0.2, -0.15) is 0 Å². The van der Waals surface area contributed by atoms with Crippen molar-refractivity contribution in [2.45, 2.75) is 58.8 Å². The Bertz CT molecular complexity index is 132. The molecule has 2 nitrogen and oxygen atoms in total. The number of aliphatic carboxylic acids is 1. The van der Waals surface area contributed by atoms with Crippen LogP contribution in [0.2, 0.25) is 0 Å². The van der Waals surface area contributed by atoms with Gasteiger partial charge in [0.05, 0.1) is 0 Å². The zero-order valence-corrected chi connectivity index (χ0v) is 8.84. The van der Waals surface area contributed by atoms with Crippen LogP contribution in [0.1, 0.15) is 58.8 Å². The number of carboxylic acids is 1. The molecule has 0 saturated carbocycles. The van der Waals surface area contributed by atoms with Crippen LogP contribution in [0.4, 0.5) is 0 Å². The van der Waals surface area contributed by atoms with E-state index in [0.717, 1.165) is 12.8 Å². The van der Waals surface area contributed by atoms with Gasteiger partial charge in [0.1, 0.15) is 0 Å². The molecule has 0 N–H and O–H groups in total. The zero-order valence-electron chi connectivity index (χ0n) is 8.84. The minimum Gasteiger partial charge on any atom is -0.550 e. The van der Waals surface area contributed by atoms with E-state index in [-0.39, 0.29) is 6.42 Å². The maximum atomic E-state index is 10.2. The van der Waals surface area contributed by atoms with E-state index in [9.17, 15) is 9.90 Å². The molecule has 0 radical (unpaired) electrons. The molecular formula is C11H21O2-. The SMILES string of the molecule is CCCCCCC(C)CCC(=O)[O-]. The molecule has 0 saturated heterocycles. The molecule has 0 aliphatic carbocycles. The van der Waals surface area contributed by atoms with Crippen molar-refractivity contribution in [1.29, 1.82) is 0 Å². The Labute approximate surface area is 81.3 Å². The highest BCUT2D eigenvalue weighted by Crippen LogP contribution is 2.14.